The number of nitrogens with two attached hydrogens (primary N) is 1. The minimum Gasteiger partial charge on any atom is -0.496 e. The first-order valence-electron chi connectivity index (χ1n) is 7.29. The van der Waals surface area contributed by atoms with Gasteiger partial charge in [-0.3, -0.25) is 0 Å². The Hall–Kier alpha value is -2.04. The van der Waals surface area contributed by atoms with Crippen LogP contribution >= 0.6 is 0 Å². The fourth-order valence-electron chi connectivity index (χ4n) is 2.42. The first kappa shape index (κ1) is 16.3. The molecule has 0 saturated heterocycles. The molecule has 0 fully saturated rings. The molecule has 22 heavy (non-hydrogen) atoms. The van der Waals surface area contributed by atoms with Gasteiger partial charge in [-0.2, -0.15) is 0 Å². The first-order valence-corrected chi connectivity index (χ1v) is 7.29. The van der Waals surface area contributed by atoms with E-state index >= 15 is 0 Å². The molecule has 2 aromatic rings. The number of benzene rings is 2. The van der Waals surface area contributed by atoms with Gasteiger partial charge in [0.2, 0.25) is 0 Å². The number of ether oxygens (including phenoxy) is 2. The third kappa shape index (κ3) is 3.59. The Balaban J connectivity index is 2.24. The van der Waals surface area contributed by atoms with Crippen molar-refractivity contribution < 1.29 is 14.6 Å². The van der Waals surface area contributed by atoms with Crippen LogP contribution in [0, 0.1) is 13.8 Å². The second-order valence-corrected chi connectivity index (χ2v) is 5.37. The maximum Gasteiger partial charge on any atom is 0.125 e. The Morgan fingerprint density at radius 1 is 1.14 bits per heavy atom. The molecule has 0 saturated carbocycles. The summed E-state index contributed by atoms with van der Waals surface area (Å²) in [7, 11) is 1.63. The first-order chi connectivity index (χ1) is 10.6. The number of aryl methyl sites for hydroxylation is 2. The van der Waals surface area contributed by atoms with Gasteiger partial charge in [-0.1, -0.05) is 24.3 Å². The molecule has 2 aromatic carbocycles. The van der Waals surface area contributed by atoms with Gasteiger partial charge in [0.05, 0.1) is 19.8 Å². The minimum atomic E-state index is -0.398. The van der Waals surface area contributed by atoms with Crippen LogP contribution in [-0.4, -0.2) is 18.8 Å². The number of hydrogen-bond acceptors (Lipinski definition) is 4. The van der Waals surface area contributed by atoms with Crippen LogP contribution in [0.5, 0.6) is 11.5 Å². The predicted octanol–water partition coefficient (Wildman–Crippen LogP) is 2.88. The summed E-state index contributed by atoms with van der Waals surface area (Å²) in [4.78, 5) is 0. The number of para-hydroxylation sites is 1. The molecule has 0 aliphatic carbocycles. The zero-order valence-electron chi connectivity index (χ0n) is 13.3. The van der Waals surface area contributed by atoms with Crippen molar-refractivity contribution in [1.29, 1.82) is 0 Å². The molecule has 118 valence electrons. The molecule has 0 aliphatic rings. The highest BCUT2D eigenvalue weighted by molar-refractivity contribution is 5.42. The minimum absolute atomic E-state index is 0.0937. The molecule has 0 bridgehead atoms. The maximum atomic E-state index is 9.20. The SMILES string of the molecule is COc1ccc([C@H](N)CO)cc1COc1c(C)cccc1C. The topological polar surface area (TPSA) is 64.7 Å². The standard InChI is InChI=1S/C18H23NO3/c1-12-5-4-6-13(2)18(12)22-11-15-9-14(16(19)10-20)7-8-17(15)21-3/h4-9,16,20H,10-11,19H2,1-3H3/t16-/m1/s1. The Bertz CT molecular complexity index is 620. The molecule has 0 heterocycles. The predicted molar refractivity (Wildman–Crippen MR) is 87.3 cm³/mol. The van der Waals surface area contributed by atoms with Gasteiger partial charge in [0.1, 0.15) is 18.1 Å². The van der Waals surface area contributed by atoms with Crippen LogP contribution in [0.2, 0.25) is 0 Å². The number of hydrogen-bond donors (Lipinski definition) is 2. The zero-order chi connectivity index (χ0) is 16.1. The van der Waals surface area contributed by atoms with E-state index < -0.39 is 6.04 Å². The van der Waals surface area contributed by atoms with E-state index in [1.165, 1.54) is 0 Å². The molecule has 0 aromatic heterocycles. The van der Waals surface area contributed by atoms with Crippen LogP contribution < -0.4 is 15.2 Å². The van der Waals surface area contributed by atoms with Crippen LogP contribution in [0.3, 0.4) is 0 Å². The highest BCUT2D eigenvalue weighted by Gasteiger charge is 2.11. The summed E-state index contributed by atoms with van der Waals surface area (Å²) >= 11 is 0. The maximum absolute atomic E-state index is 9.20. The van der Waals surface area contributed by atoms with E-state index in [4.69, 9.17) is 15.2 Å². The lowest BCUT2D eigenvalue weighted by atomic mass is 10.0. The fourth-order valence-corrected chi connectivity index (χ4v) is 2.42. The van der Waals surface area contributed by atoms with E-state index in [0.717, 1.165) is 33.8 Å². The summed E-state index contributed by atoms with van der Waals surface area (Å²) in [6.45, 7) is 4.35. The average molecular weight is 301 g/mol. The van der Waals surface area contributed by atoms with Crippen molar-refractivity contribution in [2.75, 3.05) is 13.7 Å². The lowest BCUT2D eigenvalue weighted by Gasteiger charge is -2.16. The van der Waals surface area contributed by atoms with E-state index in [9.17, 15) is 5.11 Å². The van der Waals surface area contributed by atoms with Gasteiger partial charge in [0.25, 0.3) is 0 Å². The Kier molecular flexibility index (Phi) is 5.41. The van der Waals surface area contributed by atoms with Gasteiger partial charge < -0.3 is 20.3 Å². The summed E-state index contributed by atoms with van der Waals surface area (Å²) in [6, 6.07) is 11.3. The van der Waals surface area contributed by atoms with Gasteiger partial charge in [-0.15, -0.1) is 0 Å². The number of methoxy groups -OCH3 is 1. The largest absolute Gasteiger partial charge is 0.496 e. The smallest absolute Gasteiger partial charge is 0.125 e. The van der Waals surface area contributed by atoms with Gasteiger partial charge >= 0.3 is 0 Å². The second-order valence-electron chi connectivity index (χ2n) is 5.37. The van der Waals surface area contributed by atoms with E-state index in [1.807, 2.05) is 50.2 Å². The van der Waals surface area contributed by atoms with Crippen molar-refractivity contribution in [3.8, 4) is 11.5 Å². The van der Waals surface area contributed by atoms with Crippen LogP contribution in [-0.2, 0) is 6.61 Å². The molecule has 4 nitrogen and oxygen atoms in total. The van der Waals surface area contributed by atoms with E-state index in [1.54, 1.807) is 7.11 Å². The quantitative estimate of drug-likeness (QED) is 0.861. The summed E-state index contributed by atoms with van der Waals surface area (Å²) in [5, 5.41) is 9.20. The summed E-state index contributed by atoms with van der Waals surface area (Å²) in [6.07, 6.45) is 0. The van der Waals surface area contributed by atoms with E-state index in [-0.39, 0.29) is 6.61 Å². The molecule has 0 radical (unpaired) electrons. The molecule has 3 N–H and O–H groups in total. The number of aliphatic hydroxyl groups excluding tert-OH is 1. The van der Waals surface area contributed by atoms with E-state index in [0.29, 0.717) is 6.61 Å². The molecule has 4 heteroatoms. The fraction of sp³-hybridized carbons (Fsp3) is 0.333. The third-order valence-electron chi connectivity index (χ3n) is 3.71. The van der Waals surface area contributed by atoms with Crippen LogP contribution in [0.1, 0.15) is 28.3 Å². The van der Waals surface area contributed by atoms with Gasteiger partial charge in [-0.25, -0.2) is 0 Å². The highest BCUT2D eigenvalue weighted by atomic mass is 16.5. The van der Waals surface area contributed by atoms with Crippen LogP contribution in [0.25, 0.3) is 0 Å². The normalized spacial score (nSPS) is 12.0. The third-order valence-corrected chi connectivity index (χ3v) is 3.71. The lowest BCUT2D eigenvalue weighted by molar-refractivity contribution is 0.267. The second kappa shape index (κ2) is 7.29. The van der Waals surface area contributed by atoms with Crippen molar-refractivity contribution in [2.45, 2.75) is 26.5 Å². The molecular weight excluding hydrogens is 278 g/mol. The molecule has 0 amide bonds. The van der Waals surface area contributed by atoms with Crippen molar-refractivity contribution >= 4 is 0 Å². The van der Waals surface area contributed by atoms with Crippen molar-refractivity contribution in [1.82, 2.24) is 0 Å². The Morgan fingerprint density at radius 2 is 1.82 bits per heavy atom. The monoisotopic (exact) mass is 301 g/mol. The van der Waals surface area contributed by atoms with E-state index in [2.05, 4.69) is 0 Å². The molecule has 2 rings (SSSR count). The summed E-state index contributed by atoms with van der Waals surface area (Å²) in [5.74, 6) is 1.64. The molecule has 0 spiro atoms. The van der Waals surface area contributed by atoms with Crippen LogP contribution in [0.15, 0.2) is 36.4 Å². The van der Waals surface area contributed by atoms with Crippen molar-refractivity contribution in [2.24, 2.45) is 5.73 Å². The Morgan fingerprint density at radius 3 is 2.41 bits per heavy atom. The average Bonchev–Trinajstić information content (AvgIpc) is 2.53. The Labute approximate surface area is 131 Å². The number of aliphatic hydroxyl groups is 1. The van der Waals surface area contributed by atoms with Crippen molar-refractivity contribution in [3.05, 3.63) is 58.7 Å². The van der Waals surface area contributed by atoms with Gasteiger partial charge in [0, 0.05) is 5.56 Å². The van der Waals surface area contributed by atoms with Crippen molar-refractivity contribution in [3.63, 3.8) is 0 Å². The lowest BCUT2D eigenvalue weighted by Crippen LogP contribution is -2.15. The summed E-state index contributed by atoms with van der Waals surface area (Å²) in [5.41, 5.74) is 9.85. The van der Waals surface area contributed by atoms with Crippen LogP contribution in [0.4, 0.5) is 0 Å². The highest BCUT2D eigenvalue weighted by Crippen LogP contribution is 2.27. The summed E-state index contributed by atoms with van der Waals surface area (Å²) < 4.78 is 11.4. The molecule has 0 unspecified atom stereocenters. The van der Waals surface area contributed by atoms with Gasteiger partial charge in [0.15, 0.2) is 0 Å². The molecule has 0 aliphatic heterocycles. The van der Waals surface area contributed by atoms with Gasteiger partial charge in [-0.05, 0) is 42.7 Å². The number of rotatable bonds is 6. The molecular formula is C18H23NO3. The zero-order valence-corrected chi connectivity index (χ0v) is 13.3. The molecule has 1 atom stereocenters.